The third kappa shape index (κ3) is 3.07. The normalized spacial score (nSPS) is 16.7. The van der Waals surface area contributed by atoms with Crippen LogP contribution in [0.5, 0.6) is 0 Å². The molecule has 0 radical (unpaired) electrons. The fourth-order valence-corrected chi connectivity index (χ4v) is 1.90. The predicted molar refractivity (Wildman–Crippen MR) is 65.1 cm³/mol. The van der Waals surface area contributed by atoms with Gasteiger partial charge in [0.05, 0.1) is 0 Å². The zero-order valence-corrected chi connectivity index (χ0v) is 9.79. The first-order valence-corrected chi connectivity index (χ1v) is 5.95. The maximum atomic E-state index is 3.59. The fourth-order valence-electron chi connectivity index (χ4n) is 1.90. The Labute approximate surface area is 92.9 Å². The van der Waals surface area contributed by atoms with Crippen LogP contribution in [0.4, 0.5) is 0 Å². The van der Waals surface area contributed by atoms with Gasteiger partial charge in [0.15, 0.2) is 0 Å². The van der Waals surface area contributed by atoms with E-state index < -0.39 is 0 Å². The molecule has 1 aliphatic carbocycles. The van der Waals surface area contributed by atoms with Crippen molar-refractivity contribution in [1.29, 1.82) is 0 Å². The number of nitrogens with one attached hydrogen (secondary N) is 1. The summed E-state index contributed by atoms with van der Waals surface area (Å²) in [6, 6.07) is 10.8. The van der Waals surface area contributed by atoms with E-state index in [9.17, 15) is 0 Å². The molecule has 1 fully saturated rings. The minimum Gasteiger partial charge on any atom is -0.316 e. The van der Waals surface area contributed by atoms with Crippen molar-refractivity contribution in [2.45, 2.75) is 32.1 Å². The minimum atomic E-state index is 0.246. The summed E-state index contributed by atoms with van der Waals surface area (Å²) in [4.78, 5) is 0. The molecule has 0 amide bonds. The largest absolute Gasteiger partial charge is 0.316 e. The topological polar surface area (TPSA) is 12.0 Å². The molecular weight excluding hydrogens is 182 g/mol. The summed E-state index contributed by atoms with van der Waals surface area (Å²) in [5.41, 5.74) is 1.67. The van der Waals surface area contributed by atoms with Crippen LogP contribution in [0.3, 0.4) is 0 Å². The van der Waals surface area contributed by atoms with Gasteiger partial charge >= 0.3 is 0 Å². The zero-order chi connectivity index (χ0) is 10.7. The third-order valence-electron chi connectivity index (χ3n) is 3.25. The second-order valence-electron chi connectivity index (χ2n) is 5.32. The highest BCUT2D eigenvalue weighted by Crippen LogP contribution is 2.28. The molecule has 0 atom stereocenters. The molecule has 82 valence electrons. The van der Waals surface area contributed by atoms with Crippen LogP contribution in [0.15, 0.2) is 30.3 Å². The van der Waals surface area contributed by atoms with E-state index in [2.05, 4.69) is 49.5 Å². The molecule has 0 spiro atoms. The second kappa shape index (κ2) is 4.36. The van der Waals surface area contributed by atoms with E-state index in [1.165, 1.54) is 24.9 Å². The van der Waals surface area contributed by atoms with Gasteiger partial charge in [-0.05, 0) is 30.9 Å². The first-order valence-electron chi connectivity index (χ1n) is 5.95. The Morgan fingerprint density at radius 2 is 1.87 bits per heavy atom. The molecule has 0 unspecified atom stereocenters. The van der Waals surface area contributed by atoms with Crippen LogP contribution >= 0.6 is 0 Å². The number of hydrogen-bond donors (Lipinski definition) is 1. The number of hydrogen-bond acceptors (Lipinski definition) is 1. The summed E-state index contributed by atoms with van der Waals surface area (Å²) in [6.45, 7) is 6.90. The molecular formula is C14H21N. The van der Waals surface area contributed by atoms with Gasteiger partial charge < -0.3 is 5.32 Å². The second-order valence-corrected chi connectivity index (χ2v) is 5.32. The Balaban J connectivity index is 1.87. The summed E-state index contributed by atoms with van der Waals surface area (Å²) in [5, 5.41) is 3.59. The standard InChI is InChI=1S/C14H21N/c1-14(2,11-15-10-12-8-9-12)13-6-4-3-5-7-13/h3-7,12,15H,8-11H2,1-2H3. The summed E-state index contributed by atoms with van der Waals surface area (Å²) >= 11 is 0. The van der Waals surface area contributed by atoms with Crippen LogP contribution in [0.2, 0.25) is 0 Å². The van der Waals surface area contributed by atoms with Crippen LogP contribution in [-0.2, 0) is 5.41 Å². The van der Waals surface area contributed by atoms with E-state index in [1.54, 1.807) is 0 Å². The van der Waals surface area contributed by atoms with E-state index in [4.69, 9.17) is 0 Å². The Bertz CT molecular complexity index is 298. The van der Waals surface area contributed by atoms with Crippen molar-refractivity contribution in [2.24, 2.45) is 5.92 Å². The molecule has 1 aromatic carbocycles. The van der Waals surface area contributed by atoms with Gasteiger partial charge in [-0.25, -0.2) is 0 Å². The smallest absolute Gasteiger partial charge is 0.00432 e. The van der Waals surface area contributed by atoms with Gasteiger partial charge in [-0.3, -0.25) is 0 Å². The Hall–Kier alpha value is -0.820. The van der Waals surface area contributed by atoms with Crippen molar-refractivity contribution in [3.8, 4) is 0 Å². The van der Waals surface area contributed by atoms with Gasteiger partial charge in [-0.1, -0.05) is 44.2 Å². The highest BCUT2D eigenvalue weighted by molar-refractivity contribution is 5.23. The molecule has 1 aliphatic rings. The van der Waals surface area contributed by atoms with Crippen LogP contribution in [0, 0.1) is 5.92 Å². The highest BCUT2D eigenvalue weighted by atomic mass is 14.9. The SMILES string of the molecule is CC(C)(CNCC1CC1)c1ccccc1. The molecule has 15 heavy (non-hydrogen) atoms. The van der Waals surface area contributed by atoms with Crippen molar-refractivity contribution < 1.29 is 0 Å². The number of rotatable bonds is 5. The lowest BCUT2D eigenvalue weighted by Crippen LogP contribution is -2.33. The van der Waals surface area contributed by atoms with Gasteiger partial charge in [0.2, 0.25) is 0 Å². The van der Waals surface area contributed by atoms with E-state index in [0.29, 0.717) is 0 Å². The molecule has 0 saturated heterocycles. The van der Waals surface area contributed by atoms with Crippen molar-refractivity contribution in [3.63, 3.8) is 0 Å². The third-order valence-corrected chi connectivity index (χ3v) is 3.25. The quantitative estimate of drug-likeness (QED) is 0.776. The van der Waals surface area contributed by atoms with Gasteiger partial charge in [-0.15, -0.1) is 0 Å². The first kappa shape index (κ1) is 10.7. The highest BCUT2D eigenvalue weighted by Gasteiger charge is 2.23. The Kier molecular flexibility index (Phi) is 3.11. The van der Waals surface area contributed by atoms with E-state index in [1.807, 2.05) is 0 Å². The van der Waals surface area contributed by atoms with E-state index >= 15 is 0 Å². The lowest BCUT2D eigenvalue weighted by atomic mass is 9.84. The van der Waals surface area contributed by atoms with E-state index in [0.717, 1.165) is 12.5 Å². The maximum absolute atomic E-state index is 3.59. The average molecular weight is 203 g/mol. The summed E-state index contributed by atoms with van der Waals surface area (Å²) in [7, 11) is 0. The minimum absolute atomic E-state index is 0.246. The summed E-state index contributed by atoms with van der Waals surface area (Å²) in [6.07, 6.45) is 2.86. The molecule has 0 heterocycles. The van der Waals surface area contributed by atoms with Crippen molar-refractivity contribution in [2.75, 3.05) is 13.1 Å². The van der Waals surface area contributed by atoms with Gasteiger partial charge in [-0.2, -0.15) is 0 Å². The molecule has 1 nitrogen and oxygen atoms in total. The fraction of sp³-hybridized carbons (Fsp3) is 0.571. The van der Waals surface area contributed by atoms with Crippen LogP contribution in [-0.4, -0.2) is 13.1 Å². The first-order chi connectivity index (χ1) is 7.18. The van der Waals surface area contributed by atoms with Crippen molar-refractivity contribution in [3.05, 3.63) is 35.9 Å². The molecule has 2 rings (SSSR count). The summed E-state index contributed by atoms with van der Waals surface area (Å²) in [5.74, 6) is 0.969. The lowest BCUT2D eigenvalue weighted by molar-refractivity contribution is 0.462. The maximum Gasteiger partial charge on any atom is 0.00432 e. The molecule has 1 heteroatoms. The molecule has 1 saturated carbocycles. The molecule has 1 N–H and O–H groups in total. The van der Waals surface area contributed by atoms with Gasteiger partial charge in [0.1, 0.15) is 0 Å². The average Bonchev–Trinajstić information content (AvgIpc) is 3.03. The molecule has 0 aliphatic heterocycles. The Morgan fingerprint density at radius 3 is 2.47 bits per heavy atom. The molecule has 1 aromatic rings. The number of benzene rings is 1. The van der Waals surface area contributed by atoms with Gasteiger partial charge in [0.25, 0.3) is 0 Å². The predicted octanol–water partition coefficient (Wildman–Crippen LogP) is 2.96. The Morgan fingerprint density at radius 1 is 1.20 bits per heavy atom. The summed E-state index contributed by atoms with van der Waals surface area (Å²) < 4.78 is 0. The van der Waals surface area contributed by atoms with Crippen molar-refractivity contribution >= 4 is 0 Å². The van der Waals surface area contributed by atoms with Crippen LogP contribution in [0.25, 0.3) is 0 Å². The zero-order valence-electron chi connectivity index (χ0n) is 9.79. The van der Waals surface area contributed by atoms with Crippen LogP contribution < -0.4 is 5.32 Å². The van der Waals surface area contributed by atoms with E-state index in [-0.39, 0.29) is 5.41 Å². The van der Waals surface area contributed by atoms with Crippen molar-refractivity contribution in [1.82, 2.24) is 5.32 Å². The van der Waals surface area contributed by atoms with Crippen LogP contribution in [0.1, 0.15) is 32.3 Å². The van der Waals surface area contributed by atoms with Gasteiger partial charge in [0, 0.05) is 12.0 Å². The monoisotopic (exact) mass is 203 g/mol. The molecule has 0 aromatic heterocycles. The molecule has 0 bridgehead atoms. The lowest BCUT2D eigenvalue weighted by Gasteiger charge is -2.25.